The molecule has 120 valence electrons. The molecule has 3 rings (SSSR count). The number of anilines is 1. The minimum atomic E-state index is -4.40. The summed E-state index contributed by atoms with van der Waals surface area (Å²) in [7, 11) is 0. The summed E-state index contributed by atoms with van der Waals surface area (Å²) < 4.78 is 39.2. The van der Waals surface area contributed by atoms with Crippen molar-refractivity contribution >= 4 is 11.5 Å². The van der Waals surface area contributed by atoms with Crippen LogP contribution in [0.25, 0.3) is 5.78 Å². The lowest BCUT2D eigenvalue weighted by atomic mass is 10.2. The smallest absolute Gasteiger partial charge is 0.378 e. The molecule has 0 bridgehead atoms. The largest absolute Gasteiger partial charge is 0.416 e. The third-order valence-electron chi connectivity index (χ3n) is 3.15. The van der Waals surface area contributed by atoms with Gasteiger partial charge in [0.05, 0.1) is 12.1 Å². The van der Waals surface area contributed by atoms with Crippen LogP contribution in [0, 0.1) is 6.92 Å². The van der Waals surface area contributed by atoms with Crippen LogP contribution in [0.2, 0.25) is 0 Å². The van der Waals surface area contributed by atoms with Crippen LogP contribution < -0.4 is 10.9 Å². The molecule has 0 saturated carbocycles. The highest BCUT2D eigenvalue weighted by molar-refractivity contribution is 5.46. The molecule has 1 aromatic carbocycles. The third-order valence-corrected chi connectivity index (χ3v) is 3.15. The Kier molecular flexibility index (Phi) is 3.55. The van der Waals surface area contributed by atoms with Gasteiger partial charge in [-0.2, -0.15) is 22.7 Å². The molecule has 23 heavy (non-hydrogen) atoms. The van der Waals surface area contributed by atoms with Crippen LogP contribution in [0.15, 0.2) is 35.1 Å². The van der Waals surface area contributed by atoms with E-state index in [1.807, 2.05) is 0 Å². The lowest BCUT2D eigenvalue weighted by Gasteiger charge is -2.09. The zero-order chi connectivity index (χ0) is 16.6. The number of nitrogens with zero attached hydrogens (tertiary/aromatic N) is 3. The Labute approximate surface area is 128 Å². The molecule has 0 spiro atoms. The van der Waals surface area contributed by atoms with Crippen molar-refractivity contribution in [3.05, 3.63) is 57.8 Å². The molecular weight excluding hydrogens is 311 g/mol. The zero-order valence-electron chi connectivity index (χ0n) is 12.0. The van der Waals surface area contributed by atoms with Crippen LogP contribution in [0.3, 0.4) is 0 Å². The highest BCUT2D eigenvalue weighted by atomic mass is 19.4. The summed E-state index contributed by atoms with van der Waals surface area (Å²) in [5, 5.41) is 5.58. The predicted molar refractivity (Wildman–Crippen MR) is 77.1 cm³/mol. The Hall–Kier alpha value is -2.84. The van der Waals surface area contributed by atoms with Crippen LogP contribution in [0.4, 0.5) is 18.9 Å². The van der Waals surface area contributed by atoms with Crippen molar-refractivity contribution in [1.82, 2.24) is 19.6 Å². The number of nitrogens with one attached hydrogen (secondary N) is 2. The van der Waals surface area contributed by atoms with Gasteiger partial charge < -0.3 is 5.32 Å². The van der Waals surface area contributed by atoms with Crippen LogP contribution >= 0.6 is 0 Å². The van der Waals surface area contributed by atoms with Crippen molar-refractivity contribution in [2.45, 2.75) is 19.6 Å². The summed E-state index contributed by atoms with van der Waals surface area (Å²) in [6.07, 6.45) is -4.40. The van der Waals surface area contributed by atoms with Gasteiger partial charge >= 0.3 is 6.18 Å². The molecule has 0 fully saturated rings. The summed E-state index contributed by atoms with van der Waals surface area (Å²) in [6, 6.07) is 6.21. The molecule has 9 heteroatoms. The minimum absolute atomic E-state index is 0.128. The van der Waals surface area contributed by atoms with Crippen molar-refractivity contribution < 1.29 is 13.2 Å². The lowest BCUT2D eigenvalue weighted by Crippen LogP contribution is -2.14. The van der Waals surface area contributed by atoms with Crippen LogP contribution in [0.5, 0.6) is 0 Å². The number of aromatic amines is 1. The fraction of sp³-hybridized carbons (Fsp3) is 0.214. The second-order valence-corrected chi connectivity index (χ2v) is 4.97. The van der Waals surface area contributed by atoms with Crippen molar-refractivity contribution in [2.24, 2.45) is 0 Å². The first kappa shape index (κ1) is 15.1. The van der Waals surface area contributed by atoms with E-state index in [2.05, 4.69) is 20.4 Å². The molecule has 0 aliphatic heterocycles. The molecule has 0 aliphatic carbocycles. The van der Waals surface area contributed by atoms with Gasteiger partial charge in [-0.05, 0) is 25.1 Å². The van der Waals surface area contributed by atoms with Gasteiger partial charge in [0, 0.05) is 17.4 Å². The Balaban J connectivity index is 1.81. The van der Waals surface area contributed by atoms with Gasteiger partial charge in [-0.1, -0.05) is 6.07 Å². The van der Waals surface area contributed by atoms with Crippen molar-refractivity contribution in [3.8, 4) is 0 Å². The minimum Gasteiger partial charge on any atom is -0.378 e. The normalized spacial score (nSPS) is 11.8. The molecule has 3 aromatic rings. The van der Waals surface area contributed by atoms with E-state index in [1.54, 1.807) is 6.92 Å². The van der Waals surface area contributed by atoms with E-state index in [9.17, 15) is 18.0 Å². The lowest BCUT2D eigenvalue weighted by molar-refractivity contribution is -0.137. The maximum Gasteiger partial charge on any atom is 0.416 e. The van der Waals surface area contributed by atoms with E-state index in [1.165, 1.54) is 22.7 Å². The Bertz CT molecular complexity index is 913. The SMILES string of the molecule is Cc1cc(=O)n2[nH]c(CNc3cccc(C(F)(F)F)c3)nc2n1. The number of hydrogen-bond acceptors (Lipinski definition) is 4. The molecule has 2 N–H and O–H groups in total. The van der Waals surface area contributed by atoms with Gasteiger partial charge in [0.25, 0.3) is 11.3 Å². The fourth-order valence-electron chi connectivity index (χ4n) is 2.11. The van der Waals surface area contributed by atoms with E-state index < -0.39 is 11.7 Å². The molecule has 6 nitrogen and oxygen atoms in total. The highest BCUT2D eigenvalue weighted by Crippen LogP contribution is 2.30. The fourth-order valence-corrected chi connectivity index (χ4v) is 2.11. The third kappa shape index (κ3) is 3.17. The first-order valence-electron chi connectivity index (χ1n) is 6.69. The van der Waals surface area contributed by atoms with Gasteiger partial charge in [0.1, 0.15) is 5.82 Å². The second kappa shape index (κ2) is 5.41. The molecule has 2 heterocycles. The maximum absolute atomic E-state index is 12.7. The molecule has 0 amide bonds. The molecule has 2 aromatic heterocycles. The topological polar surface area (TPSA) is 75.1 Å². The summed E-state index contributed by atoms with van der Waals surface area (Å²) in [6.45, 7) is 1.81. The highest BCUT2D eigenvalue weighted by Gasteiger charge is 2.30. The van der Waals surface area contributed by atoms with E-state index >= 15 is 0 Å². The summed E-state index contributed by atoms with van der Waals surface area (Å²) in [4.78, 5) is 20.0. The molecule has 0 radical (unpaired) electrons. The van der Waals surface area contributed by atoms with Crippen LogP contribution in [-0.4, -0.2) is 19.6 Å². The second-order valence-electron chi connectivity index (χ2n) is 4.97. The standard InChI is InChI=1S/C14H12F3N5O/c1-8-5-12(23)22-13(19-8)20-11(21-22)7-18-10-4-2-3-9(6-10)14(15,16)17/h2-6,18H,7H2,1H3,(H,19,20,21). The van der Waals surface area contributed by atoms with Crippen LogP contribution in [0.1, 0.15) is 17.1 Å². The predicted octanol–water partition coefficient (Wildman–Crippen LogP) is 2.36. The first-order valence-corrected chi connectivity index (χ1v) is 6.69. The van der Waals surface area contributed by atoms with E-state index in [0.29, 0.717) is 17.2 Å². The monoisotopic (exact) mass is 323 g/mol. The summed E-state index contributed by atoms with van der Waals surface area (Å²) >= 11 is 0. The van der Waals surface area contributed by atoms with E-state index in [4.69, 9.17) is 0 Å². The number of aromatic nitrogens is 4. The average Bonchev–Trinajstić information content (AvgIpc) is 2.88. The number of fused-ring (bicyclic) bond motifs is 1. The number of aryl methyl sites for hydroxylation is 1. The summed E-state index contributed by atoms with van der Waals surface area (Å²) in [5.74, 6) is 0.605. The van der Waals surface area contributed by atoms with Crippen molar-refractivity contribution in [2.75, 3.05) is 5.32 Å². The maximum atomic E-state index is 12.7. The molecular formula is C14H12F3N5O. The molecule has 0 saturated heterocycles. The van der Waals surface area contributed by atoms with E-state index in [0.717, 1.165) is 12.1 Å². The van der Waals surface area contributed by atoms with Gasteiger partial charge in [-0.25, -0.2) is 4.98 Å². The van der Waals surface area contributed by atoms with Gasteiger partial charge in [0.15, 0.2) is 0 Å². The number of alkyl halides is 3. The Morgan fingerprint density at radius 3 is 2.78 bits per heavy atom. The van der Waals surface area contributed by atoms with Gasteiger partial charge in [0.2, 0.25) is 0 Å². The molecule has 0 atom stereocenters. The van der Waals surface area contributed by atoms with Gasteiger partial charge in [-0.3, -0.25) is 9.89 Å². The first-order chi connectivity index (χ1) is 10.8. The quantitative estimate of drug-likeness (QED) is 0.776. The Morgan fingerprint density at radius 1 is 1.26 bits per heavy atom. The Morgan fingerprint density at radius 2 is 2.04 bits per heavy atom. The number of benzene rings is 1. The van der Waals surface area contributed by atoms with Crippen molar-refractivity contribution in [3.63, 3.8) is 0 Å². The number of H-pyrrole nitrogens is 1. The number of rotatable bonds is 3. The van der Waals surface area contributed by atoms with Crippen LogP contribution in [-0.2, 0) is 12.7 Å². The molecule has 0 aliphatic rings. The van der Waals surface area contributed by atoms with Crippen molar-refractivity contribution in [1.29, 1.82) is 0 Å². The number of halogens is 3. The summed E-state index contributed by atoms with van der Waals surface area (Å²) in [5.41, 5.74) is -0.193. The molecule has 0 unspecified atom stereocenters. The van der Waals surface area contributed by atoms with E-state index in [-0.39, 0.29) is 17.9 Å². The number of hydrogen-bond donors (Lipinski definition) is 2. The van der Waals surface area contributed by atoms with Gasteiger partial charge in [-0.15, -0.1) is 0 Å². The zero-order valence-corrected chi connectivity index (χ0v) is 12.0. The average molecular weight is 323 g/mol.